The Bertz CT molecular complexity index is 17.5. The van der Waals surface area contributed by atoms with Gasteiger partial charge in [-0.2, -0.15) is 0 Å². The summed E-state index contributed by atoms with van der Waals surface area (Å²) in [5, 5.41) is 0. The van der Waals surface area contributed by atoms with Gasteiger partial charge in [0.25, 0.3) is 0 Å². The second-order valence-electron chi connectivity index (χ2n) is 1.14. The van der Waals surface area contributed by atoms with E-state index in [-0.39, 0.29) is 0 Å². The fourth-order valence-corrected chi connectivity index (χ4v) is 1.45. The van der Waals surface area contributed by atoms with Crippen molar-refractivity contribution in [3.8, 4) is 0 Å². The van der Waals surface area contributed by atoms with Gasteiger partial charge in [0.05, 0.1) is 0 Å². The van der Waals surface area contributed by atoms with Crippen LogP contribution >= 0.6 is 17.8 Å². The molecule has 38 valence electrons. The van der Waals surface area contributed by atoms with Gasteiger partial charge < -0.3 is 0 Å². The average molecular weight is 122 g/mol. The molecule has 0 N–H and O–H groups in total. The van der Waals surface area contributed by atoms with Gasteiger partial charge in [0.2, 0.25) is 0 Å². The van der Waals surface area contributed by atoms with Gasteiger partial charge >= 0.3 is 0 Å². The van der Waals surface area contributed by atoms with E-state index < -0.39 is 0 Å². The molecule has 0 saturated heterocycles. The van der Waals surface area contributed by atoms with Crippen LogP contribution in [-0.2, 0) is 0 Å². The molecule has 0 rings (SSSR count). The van der Waals surface area contributed by atoms with Gasteiger partial charge in [0.1, 0.15) is 0 Å². The molecule has 2 atom stereocenters. The van der Waals surface area contributed by atoms with E-state index in [1.165, 1.54) is 27.1 Å². The van der Waals surface area contributed by atoms with Crippen LogP contribution in [-0.4, -0.2) is 18.5 Å². The van der Waals surface area contributed by atoms with Gasteiger partial charge in [-0.1, -0.05) is 6.92 Å². The van der Waals surface area contributed by atoms with Crippen LogP contribution in [0.3, 0.4) is 0 Å². The summed E-state index contributed by atoms with van der Waals surface area (Å²) in [7, 11) is 3.93. The molecule has 2 heteroatoms. The standard InChI is InChI=1S/C4H12P2/c1-2-6-4-3-5/h6H,2-5H2,1H3. The van der Waals surface area contributed by atoms with Crippen molar-refractivity contribution in [1.82, 2.24) is 0 Å². The van der Waals surface area contributed by atoms with Gasteiger partial charge in [-0.05, 0) is 18.5 Å². The van der Waals surface area contributed by atoms with E-state index >= 15 is 0 Å². The van der Waals surface area contributed by atoms with E-state index in [9.17, 15) is 0 Å². The highest BCUT2D eigenvalue weighted by Gasteiger charge is 1.74. The predicted molar refractivity (Wildman–Crippen MR) is 38.3 cm³/mol. The molecule has 6 heavy (non-hydrogen) atoms. The fourth-order valence-electron chi connectivity index (χ4n) is 0.279. The number of hydrogen-bond donors (Lipinski definition) is 0. The third kappa shape index (κ3) is 4.86. The molecule has 0 fully saturated rings. The minimum Gasteiger partial charge on any atom is -0.137 e. The summed E-state index contributed by atoms with van der Waals surface area (Å²) in [5.41, 5.74) is 0. The van der Waals surface area contributed by atoms with Crippen LogP contribution in [0, 0.1) is 0 Å². The van der Waals surface area contributed by atoms with Gasteiger partial charge in [0.15, 0.2) is 0 Å². The number of rotatable bonds is 3. The summed E-state index contributed by atoms with van der Waals surface area (Å²) in [5.74, 6) is 0. The quantitative estimate of drug-likeness (QED) is 0.393. The lowest BCUT2D eigenvalue weighted by Crippen LogP contribution is -1.72. The summed E-state index contributed by atoms with van der Waals surface area (Å²) in [6.07, 6.45) is 4.06. The lowest BCUT2D eigenvalue weighted by Gasteiger charge is -1.87. The Morgan fingerprint density at radius 1 is 1.67 bits per heavy atom. The Balaban J connectivity index is 2.34. The van der Waals surface area contributed by atoms with Crippen molar-refractivity contribution in [3.05, 3.63) is 0 Å². The van der Waals surface area contributed by atoms with Crippen LogP contribution in [0.15, 0.2) is 0 Å². The van der Waals surface area contributed by atoms with E-state index in [1.807, 2.05) is 0 Å². The predicted octanol–water partition coefficient (Wildman–Crippen LogP) is 1.56. The molecule has 0 aromatic rings. The zero-order chi connectivity index (χ0) is 4.83. The maximum Gasteiger partial charge on any atom is -0.0319 e. The lowest BCUT2D eigenvalue weighted by molar-refractivity contribution is 1.46. The second-order valence-corrected chi connectivity index (χ2v) is 3.43. The Hall–Kier alpha value is 0.860. The largest absolute Gasteiger partial charge is 0.137 e. The molecule has 0 aliphatic carbocycles. The first-order valence-electron chi connectivity index (χ1n) is 2.32. The monoisotopic (exact) mass is 122 g/mol. The van der Waals surface area contributed by atoms with E-state index in [0.29, 0.717) is 0 Å². The maximum atomic E-state index is 2.74. The zero-order valence-electron chi connectivity index (χ0n) is 4.20. The minimum absolute atomic E-state index is 1.19. The van der Waals surface area contributed by atoms with Crippen molar-refractivity contribution >= 4 is 17.8 Å². The smallest absolute Gasteiger partial charge is 0.0319 e. The van der Waals surface area contributed by atoms with Crippen molar-refractivity contribution in [1.29, 1.82) is 0 Å². The molecule has 0 aromatic carbocycles. The van der Waals surface area contributed by atoms with Crippen molar-refractivity contribution < 1.29 is 0 Å². The molecule has 0 heterocycles. The third-order valence-corrected chi connectivity index (χ3v) is 2.58. The van der Waals surface area contributed by atoms with E-state index in [1.54, 1.807) is 0 Å². The Morgan fingerprint density at radius 2 is 2.33 bits per heavy atom. The topological polar surface area (TPSA) is 0 Å². The van der Waals surface area contributed by atoms with E-state index in [2.05, 4.69) is 16.2 Å². The Labute approximate surface area is 44.1 Å². The third-order valence-electron chi connectivity index (χ3n) is 0.571. The van der Waals surface area contributed by atoms with Crippen molar-refractivity contribution in [2.24, 2.45) is 0 Å². The van der Waals surface area contributed by atoms with Crippen LogP contribution in [0.5, 0.6) is 0 Å². The first-order chi connectivity index (χ1) is 2.91. The first kappa shape index (κ1) is 6.86. The van der Waals surface area contributed by atoms with E-state index in [4.69, 9.17) is 0 Å². The first-order valence-corrected chi connectivity index (χ1v) is 4.55. The average Bonchev–Trinajstić information content (AvgIpc) is 1.61. The molecule has 0 bridgehead atoms. The fraction of sp³-hybridized carbons (Fsp3) is 1.00. The van der Waals surface area contributed by atoms with Gasteiger partial charge in [-0.15, -0.1) is 17.8 Å². The van der Waals surface area contributed by atoms with Crippen LogP contribution in [0.2, 0.25) is 0 Å². The van der Waals surface area contributed by atoms with Crippen molar-refractivity contribution in [2.75, 3.05) is 18.5 Å². The summed E-state index contributed by atoms with van der Waals surface area (Å²) in [6, 6.07) is 0. The molecule has 0 aliphatic heterocycles. The summed E-state index contributed by atoms with van der Waals surface area (Å²) < 4.78 is 0. The Kier molecular flexibility index (Phi) is 6.70. The highest BCUT2D eigenvalue weighted by Crippen LogP contribution is 2.07. The van der Waals surface area contributed by atoms with Crippen LogP contribution < -0.4 is 0 Å². The molecule has 0 amide bonds. The normalized spacial score (nSPS) is 11.0. The van der Waals surface area contributed by atoms with Crippen molar-refractivity contribution in [3.63, 3.8) is 0 Å². The van der Waals surface area contributed by atoms with Gasteiger partial charge in [-0.3, -0.25) is 0 Å². The highest BCUT2D eigenvalue weighted by molar-refractivity contribution is 7.38. The van der Waals surface area contributed by atoms with Crippen LogP contribution in [0.4, 0.5) is 0 Å². The lowest BCUT2D eigenvalue weighted by atomic mass is 10.9. The summed E-state index contributed by atoms with van der Waals surface area (Å²) in [4.78, 5) is 0. The zero-order valence-corrected chi connectivity index (χ0v) is 6.35. The highest BCUT2D eigenvalue weighted by atomic mass is 31.1. The van der Waals surface area contributed by atoms with Crippen LogP contribution in [0.25, 0.3) is 0 Å². The second kappa shape index (κ2) is 5.86. The van der Waals surface area contributed by atoms with Gasteiger partial charge in [0, 0.05) is 0 Å². The molecule has 0 saturated carbocycles. The molecule has 0 aliphatic rings. The molecule has 0 aromatic heterocycles. The summed E-state index contributed by atoms with van der Waals surface area (Å²) in [6.45, 7) is 2.23. The molecular weight excluding hydrogens is 110 g/mol. The molecule has 0 spiro atoms. The SMILES string of the molecule is CCPCCP. The molecule has 0 radical (unpaired) electrons. The molecular formula is C4H12P2. The molecule has 2 unspecified atom stereocenters. The van der Waals surface area contributed by atoms with E-state index in [0.717, 1.165) is 0 Å². The number of hydrogen-bond acceptors (Lipinski definition) is 0. The maximum absolute atomic E-state index is 2.74. The summed E-state index contributed by atoms with van der Waals surface area (Å²) >= 11 is 0. The van der Waals surface area contributed by atoms with Crippen LogP contribution in [0.1, 0.15) is 6.92 Å². The Morgan fingerprint density at radius 3 is 2.50 bits per heavy atom. The van der Waals surface area contributed by atoms with Gasteiger partial charge in [-0.25, -0.2) is 0 Å². The molecule has 0 nitrogen and oxygen atoms in total. The minimum atomic E-state index is 1.19. The van der Waals surface area contributed by atoms with Crippen molar-refractivity contribution in [2.45, 2.75) is 6.92 Å².